The lowest BCUT2D eigenvalue weighted by Crippen LogP contribution is -2.36. The highest BCUT2D eigenvalue weighted by molar-refractivity contribution is 7.20. The summed E-state index contributed by atoms with van der Waals surface area (Å²) in [6.45, 7) is 4.25. The minimum Gasteiger partial charge on any atom is -0.468 e. The second kappa shape index (κ2) is 7.05. The minimum atomic E-state index is -0.215. The SMILES string of the molecule is Cc1c(C(=O)NCC(c2ccco2)N2CCCC2)sc2nc[nH]c(=O)c12. The van der Waals surface area contributed by atoms with Crippen LogP contribution >= 0.6 is 11.3 Å². The predicted molar refractivity (Wildman–Crippen MR) is 99.6 cm³/mol. The van der Waals surface area contributed by atoms with Gasteiger partial charge in [-0.2, -0.15) is 0 Å². The van der Waals surface area contributed by atoms with Crippen LogP contribution in [0, 0.1) is 6.92 Å². The first-order valence-electron chi connectivity index (χ1n) is 8.67. The first-order valence-corrected chi connectivity index (χ1v) is 9.49. The van der Waals surface area contributed by atoms with Crippen LogP contribution in [0.1, 0.15) is 39.9 Å². The van der Waals surface area contributed by atoms with Crippen LogP contribution in [0.5, 0.6) is 0 Å². The first kappa shape index (κ1) is 17.0. The number of aromatic nitrogens is 2. The van der Waals surface area contributed by atoms with Crippen LogP contribution in [0.4, 0.5) is 0 Å². The molecule has 4 heterocycles. The maximum absolute atomic E-state index is 12.7. The highest BCUT2D eigenvalue weighted by Gasteiger charge is 2.27. The fraction of sp³-hybridized carbons (Fsp3) is 0.389. The van der Waals surface area contributed by atoms with E-state index in [1.165, 1.54) is 17.7 Å². The van der Waals surface area contributed by atoms with Gasteiger partial charge in [0.25, 0.3) is 11.5 Å². The number of amides is 1. The molecule has 0 saturated carbocycles. The maximum Gasteiger partial charge on any atom is 0.261 e. The molecule has 1 amide bonds. The molecule has 0 spiro atoms. The summed E-state index contributed by atoms with van der Waals surface area (Å²) in [5.74, 6) is 0.680. The van der Waals surface area contributed by atoms with Gasteiger partial charge in [0.2, 0.25) is 0 Å². The Morgan fingerprint density at radius 2 is 2.27 bits per heavy atom. The molecule has 0 aliphatic carbocycles. The lowest BCUT2D eigenvalue weighted by molar-refractivity contribution is 0.0937. The number of fused-ring (bicyclic) bond motifs is 1. The number of furan rings is 1. The van der Waals surface area contributed by atoms with Crippen molar-refractivity contribution >= 4 is 27.5 Å². The van der Waals surface area contributed by atoms with Gasteiger partial charge >= 0.3 is 0 Å². The Balaban J connectivity index is 1.55. The largest absolute Gasteiger partial charge is 0.468 e. The molecule has 1 atom stereocenters. The summed E-state index contributed by atoms with van der Waals surface area (Å²) in [5.41, 5.74) is 0.459. The monoisotopic (exact) mass is 372 g/mol. The molecule has 1 aliphatic heterocycles. The van der Waals surface area contributed by atoms with Crippen LogP contribution in [-0.4, -0.2) is 40.4 Å². The Morgan fingerprint density at radius 1 is 1.46 bits per heavy atom. The van der Waals surface area contributed by atoms with Crippen molar-refractivity contribution in [2.75, 3.05) is 19.6 Å². The smallest absolute Gasteiger partial charge is 0.261 e. The molecular weight excluding hydrogens is 352 g/mol. The van der Waals surface area contributed by atoms with E-state index in [0.29, 0.717) is 27.2 Å². The second-order valence-corrected chi connectivity index (χ2v) is 7.45. The number of aryl methyl sites for hydroxylation is 1. The number of aromatic amines is 1. The van der Waals surface area contributed by atoms with Crippen LogP contribution in [-0.2, 0) is 0 Å². The summed E-state index contributed by atoms with van der Waals surface area (Å²) in [4.78, 5) is 34.9. The van der Waals surface area contributed by atoms with Crippen LogP contribution in [0.15, 0.2) is 33.9 Å². The number of thiophene rings is 1. The summed E-state index contributed by atoms with van der Waals surface area (Å²) in [6, 6.07) is 3.84. The van der Waals surface area contributed by atoms with Crippen molar-refractivity contribution < 1.29 is 9.21 Å². The summed E-state index contributed by atoms with van der Waals surface area (Å²) in [5, 5.41) is 3.51. The van der Waals surface area contributed by atoms with Crippen LogP contribution in [0.25, 0.3) is 10.2 Å². The molecule has 7 nitrogen and oxygen atoms in total. The number of hydrogen-bond donors (Lipinski definition) is 2. The number of hydrogen-bond acceptors (Lipinski definition) is 6. The van der Waals surface area contributed by atoms with Gasteiger partial charge in [-0.15, -0.1) is 11.3 Å². The number of H-pyrrole nitrogens is 1. The summed E-state index contributed by atoms with van der Waals surface area (Å²) in [7, 11) is 0. The molecule has 1 unspecified atom stereocenters. The molecule has 26 heavy (non-hydrogen) atoms. The zero-order valence-electron chi connectivity index (χ0n) is 14.4. The van der Waals surface area contributed by atoms with E-state index in [-0.39, 0.29) is 17.5 Å². The summed E-state index contributed by atoms with van der Waals surface area (Å²) >= 11 is 1.25. The normalized spacial score (nSPS) is 16.2. The number of carbonyl (C=O) groups excluding carboxylic acids is 1. The molecule has 0 bridgehead atoms. The molecule has 1 aliphatic rings. The average molecular weight is 372 g/mol. The quantitative estimate of drug-likeness (QED) is 0.718. The van der Waals surface area contributed by atoms with Gasteiger partial charge in [-0.25, -0.2) is 4.98 Å². The lowest BCUT2D eigenvalue weighted by Gasteiger charge is -2.25. The number of nitrogens with zero attached hydrogens (tertiary/aromatic N) is 2. The van der Waals surface area contributed by atoms with Crippen molar-refractivity contribution in [3.63, 3.8) is 0 Å². The van der Waals surface area contributed by atoms with Crippen molar-refractivity contribution in [3.05, 3.63) is 51.3 Å². The fourth-order valence-corrected chi connectivity index (χ4v) is 4.57. The van der Waals surface area contributed by atoms with Gasteiger partial charge in [0.05, 0.1) is 28.9 Å². The molecule has 1 fully saturated rings. The topological polar surface area (TPSA) is 91.2 Å². The number of likely N-dealkylation sites (tertiary alicyclic amines) is 1. The predicted octanol–water partition coefficient (Wildman–Crippen LogP) is 2.45. The van der Waals surface area contributed by atoms with Crippen molar-refractivity contribution in [3.8, 4) is 0 Å². The van der Waals surface area contributed by atoms with Crippen LogP contribution in [0.3, 0.4) is 0 Å². The molecular formula is C18H20N4O3S. The van der Waals surface area contributed by atoms with E-state index in [9.17, 15) is 9.59 Å². The van der Waals surface area contributed by atoms with E-state index < -0.39 is 0 Å². The third-order valence-corrected chi connectivity index (χ3v) is 6.05. The van der Waals surface area contributed by atoms with Crippen LogP contribution < -0.4 is 10.9 Å². The number of rotatable bonds is 5. The van der Waals surface area contributed by atoms with Gasteiger partial charge in [0, 0.05) is 6.54 Å². The van der Waals surface area contributed by atoms with Crippen molar-refractivity contribution in [2.45, 2.75) is 25.8 Å². The molecule has 3 aromatic rings. The molecule has 4 rings (SSSR count). The Hall–Kier alpha value is -2.45. The zero-order valence-corrected chi connectivity index (χ0v) is 15.3. The molecule has 1 saturated heterocycles. The van der Waals surface area contributed by atoms with E-state index in [1.807, 2.05) is 12.1 Å². The highest BCUT2D eigenvalue weighted by Crippen LogP contribution is 2.28. The molecule has 2 N–H and O–H groups in total. The number of carbonyl (C=O) groups is 1. The third-order valence-electron chi connectivity index (χ3n) is 4.85. The highest BCUT2D eigenvalue weighted by atomic mass is 32.1. The van der Waals surface area contributed by atoms with E-state index in [2.05, 4.69) is 20.2 Å². The second-order valence-electron chi connectivity index (χ2n) is 6.45. The maximum atomic E-state index is 12.7. The first-order chi connectivity index (χ1) is 12.6. The summed E-state index contributed by atoms with van der Waals surface area (Å²) in [6.07, 6.45) is 5.35. The fourth-order valence-electron chi connectivity index (χ4n) is 3.51. The molecule has 3 aromatic heterocycles. The number of nitrogens with one attached hydrogen (secondary N) is 2. The average Bonchev–Trinajstić information content (AvgIpc) is 3.37. The lowest BCUT2D eigenvalue weighted by atomic mass is 10.1. The standard InChI is InChI=1S/C18H20N4O3S/c1-11-14-16(23)20-10-21-18(14)26-15(11)17(24)19-9-12(13-5-4-8-25-13)22-6-2-3-7-22/h4-5,8,10,12H,2-3,6-7,9H2,1H3,(H,19,24)(H,20,21,23). The Kier molecular flexibility index (Phi) is 4.60. The molecule has 136 valence electrons. The molecule has 0 radical (unpaired) electrons. The Labute approximate surface area is 154 Å². The Bertz CT molecular complexity index is 970. The van der Waals surface area contributed by atoms with Gasteiger partial charge < -0.3 is 14.7 Å². The Morgan fingerprint density at radius 3 is 2.96 bits per heavy atom. The van der Waals surface area contributed by atoms with Gasteiger partial charge in [0.1, 0.15) is 10.6 Å². The minimum absolute atomic E-state index is 0.0210. The van der Waals surface area contributed by atoms with Crippen LogP contribution in [0.2, 0.25) is 0 Å². The van der Waals surface area contributed by atoms with Crippen molar-refractivity contribution in [1.29, 1.82) is 0 Å². The van der Waals surface area contributed by atoms with E-state index in [1.54, 1.807) is 13.2 Å². The zero-order chi connectivity index (χ0) is 18.1. The van der Waals surface area contributed by atoms with Crippen molar-refractivity contribution in [1.82, 2.24) is 20.2 Å². The van der Waals surface area contributed by atoms with Crippen molar-refractivity contribution in [2.24, 2.45) is 0 Å². The van der Waals surface area contributed by atoms with Gasteiger partial charge in [-0.3, -0.25) is 14.5 Å². The van der Waals surface area contributed by atoms with Gasteiger partial charge in [-0.1, -0.05) is 0 Å². The third kappa shape index (κ3) is 3.06. The van der Waals surface area contributed by atoms with Gasteiger partial charge in [0.15, 0.2) is 0 Å². The van der Waals surface area contributed by atoms with E-state index in [0.717, 1.165) is 31.7 Å². The van der Waals surface area contributed by atoms with E-state index in [4.69, 9.17) is 4.42 Å². The summed E-state index contributed by atoms with van der Waals surface area (Å²) < 4.78 is 5.59. The van der Waals surface area contributed by atoms with Gasteiger partial charge in [-0.05, 0) is 50.6 Å². The van der Waals surface area contributed by atoms with E-state index >= 15 is 0 Å². The molecule has 8 heteroatoms. The molecule has 0 aromatic carbocycles.